The molecule has 3 aliphatic rings. The number of rotatable bonds is 4. The maximum absolute atomic E-state index is 13.4. The second-order valence-corrected chi connectivity index (χ2v) is 7.75. The molecule has 2 aromatic rings. The summed E-state index contributed by atoms with van der Waals surface area (Å²) in [5.41, 5.74) is 1.90. The lowest BCUT2D eigenvalue weighted by Crippen LogP contribution is -3.28. The Labute approximate surface area is 167 Å². The van der Waals surface area contributed by atoms with Gasteiger partial charge in [0.25, 0.3) is 5.78 Å². The predicted octanol–water partition coefficient (Wildman–Crippen LogP) is -0.975. The zero-order chi connectivity index (χ0) is 20.0. The minimum Gasteiger partial charge on any atom is -0.454 e. The maximum atomic E-state index is 13.4. The van der Waals surface area contributed by atoms with Crippen LogP contribution in [0.25, 0.3) is 0 Å². The fourth-order valence-corrected chi connectivity index (χ4v) is 4.28. The van der Waals surface area contributed by atoms with E-state index in [9.17, 15) is 14.0 Å². The number of halogens is 1. The predicted molar refractivity (Wildman–Crippen MR) is 101 cm³/mol. The van der Waals surface area contributed by atoms with E-state index in [2.05, 4.69) is 6.07 Å². The van der Waals surface area contributed by atoms with Crippen LogP contribution >= 0.6 is 0 Å². The first kappa shape index (κ1) is 18.1. The Balaban J connectivity index is 1.20. The Kier molecular flexibility index (Phi) is 4.44. The van der Waals surface area contributed by atoms with Crippen molar-refractivity contribution in [2.24, 2.45) is 0 Å². The molecule has 0 bridgehead atoms. The average molecular weight is 399 g/mol. The molecule has 7 nitrogen and oxygen atoms in total. The Morgan fingerprint density at radius 1 is 0.931 bits per heavy atom. The van der Waals surface area contributed by atoms with Crippen molar-refractivity contribution in [3.63, 3.8) is 0 Å². The zero-order valence-electron chi connectivity index (χ0n) is 15.9. The standard InChI is InChI=1S/C21H20FN3O4/c22-15-2-3-17-16(10-15)20(26)21(27)25(17)12-24-7-5-23(6-8-24)11-14-1-4-18-19(9-14)29-13-28-18/h1-4,9-10H,5-8,11-13H2/p+2. The van der Waals surface area contributed by atoms with Crippen LogP contribution in [0.15, 0.2) is 36.4 Å². The van der Waals surface area contributed by atoms with Gasteiger partial charge in [-0.1, -0.05) is 0 Å². The quantitative estimate of drug-likeness (QED) is 0.650. The molecule has 2 aromatic carbocycles. The van der Waals surface area contributed by atoms with E-state index in [-0.39, 0.29) is 12.4 Å². The first-order chi connectivity index (χ1) is 14.1. The number of quaternary nitrogens is 2. The molecule has 29 heavy (non-hydrogen) atoms. The van der Waals surface area contributed by atoms with E-state index in [1.165, 1.54) is 32.4 Å². The molecule has 0 aliphatic carbocycles. The third-order valence-corrected chi connectivity index (χ3v) is 5.87. The van der Waals surface area contributed by atoms with Crippen LogP contribution in [0.3, 0.4) is 0 Å². The number of benzene rings is 2. The van der Waals surface area contributed by atoms with E-state index in [1.807, 2.05) is 12.1 Å². The summed E-state index contributed by atoms with van der Waals surface area (Å²) in [6.07, 6.45) is 0. The van der Waals surface area contributed by atoms with Crippen molar-refractivity contribution in [2.75, 3.05) is 44.5 Å². The number of nitrogens with one attached hydrogen (secondary N) is 2. The topological polar surface area (TPSA) is 64.7 Å². The number of hydrogen-bond acceptors (Lipinski definition) is 4. The summed E-state index contributed by atoms with van der Waals surface area (Å²) in [7, 11) is 0. The Hall–Kier alpha value is -2.97. The van der Waals surface area contributed by atoms with Gasteiger partial charge in [0.05, 0.1) is 11.3 Å². The summed E-state index contributed by atoms with van der Waals surface area (Å²) in [5.74, 6) is -0.0829. The van der Waals surface area contributed by atoms with E-state index in [0.29, 0.717) is 12.4 Å². The van der Waals surface area contributed by atoms with E-state index < -0.39 is 17.5 Å². The number of anilines is 1. The first-order valence-electron chi connectivity index (χ1n) is 9.80. The highest BCUT2D eigenvalue weighted by atomic mass is 19.1. The number of nitrogens with zero attached hydrogens (tertiary/aromatic N) is 1. The van der Waals surface area contributed by atoms with E-state index >= 15 is 0 Å². The van der Waals surface area contributed by atoms with Crippen molar-refractivity contribution in [1.82, 2.24) is 0 Å². The Bertz CT molecular complexity index is 988. The minimum absolute atomic E-state index is 0.168. The third kappa shape index (κ3) is 3.34. The lowest BCUT2D eigenvalue weighted by atomic mass is 10.1. The second kappa shape index (κ2) is 7.13. The van der Waals surface area contributed by atoms with Crippen LogP contribution in [0.1, 0.15) is 15.9 Å². The number of piperazine rings is 1. The highest BCUT2D eigenvalue weighted by Gasteiger charge is 2.39. The molecule has 1 fully saturated rings. The fraction of sp³-hybridized carbons (Fsp3) is 0.333. The van der Waals surface area contributed by atoms with Crippen LogP contribution in [-0.2, 0) is 11.3 Å². The molecule has 5 rings (SSSR count). The fourth-order valence-electron chi connectivity index (χ4n) is 4.28. The lowest BCUT2D eigenvalue weighted by Gasteiger charge is -2.31. The molecule has 0 unspecified atom stereocenters. The molecule has 1 amide bonds. The van der Waals surface area contributed by atoms with Gasteiger partial charge >= 0.3 is 5.91 Å². The molecule has 0 saturated carbocycles. The molecule has 0 radical (unpaired) electrons. The van der Waals surface area contributed by atoms with E-state index in [4.69, 9.17) is 9.47 Å². The molecule has 0 atom stereocenters. The van der Waals surface area contributed by atoms with Gasteiger partial charge in [-0.05, 0) is 36.4 Å². The van der Waals surface area contributed by atoms with Gasteiger partial charge in [-0.3, -0.25) is 14.5 Å². The monoisotopic (exact) mass is 399 g/mol. The van der Waals surface area contributed by atoms with Crippen LogP contribution in [-0.4, -0.2) is 51.3 Å². The molecule has 8 heteroatoms. The molecule has 1 saturated heterocycles. The van der Waals surface area contributed by atoms with Crippen molar-refractivity contribution < 1.29 is 33.3 Å². The molecule has 2 N–H and O–H groups in total. The summed E-state index contributed by atoms with van der Waals surface area (Å²) in [5, 5.41) is 0. The number of hydrogen-bond donors (Lipinski definition) is 2. The molecule has 3 heterocycles. The van der Waals surface area contributed by atoms with Gasteiger partial charge in [0.1, 0.15) is 38.5 Å². The second-order valence-electron chi connectivity index (χ2n) is 7.75. The van der Waals surface area contributed by atoms with Crippen LogP contribution in [0.4, 0.5) is 10.1 Å². The molecule has 150 valence electrons. The van der Waals surface area contributed by atoms with Crippen molar-refractivity contribution in [3.05, 3.63) is 53.3 Å². The van der Waals surface area contributed by atoms with Crippen molar-refractivity contribution in [2.45, 2.75) is 6.54 Å². The zero-order valence-corrected chi connectivity index (χ0v) is 15.9. The van der Waals surface area contributed by atoms with Crippen molar-refractivity contribution in [1.29, 1.82) is 0 Å². The third-order valence-electron chi connectivity index (χ3n) is 5.87. The summed E-state index contributed by atoms with van der Waals surface area (Å²) in [4.78, 5) is 28.7. The number of ketones is 1. The average Bonchev–Trinajstić information content (AvgIpc) is 3.28. The number of Topliss-reactive ketones (excluding diaryl/α,β-unsaturated/α-hetero) is 1. The van der Waals surface area contributed by atoms with Gasteiger partial charge in [0.15, 0.2) is 18.2 Å². The van der Waals surface area contributed by atoms with Gasteiger partial charge in [0, 0.05) is 5.56 Å². The van der Waals surface area contributed by atoms with E-state index in [0.717, 1.165) is 50.3 Å². The molecule has 3 aliphatic heterocycles. The normalized spacial score (nSPS) is 22.9. The number of amides is 1. The maximum Gasteiger partial charge on any atom is 0.303 e. The van der Waals surface area contributed by atoms with Gasteiger partial charge in [-0.15, -0.1) is 0 Å². The Morgan fingerprint density at radius 3 is 2.52 bits per heavy atom. The first-order valence-corrected chi connectivity index (χ1v) is 9.80. The van der Waals surface area contributed by atoms with Gasteiger partial charge in [-0.25, -0.2) is 4.39 Å². The summed E-state index contributed by atoms with van der Waals surface area (Å²) in [6, 6.07) is 10.0. The van der Waals surface area contributed by atoms with Crippen LogP contribution in [0, 0.1) is 5.82 Å². The van der Waals surface area contributed by atoms with Gasteiger partial charge in [0.2, 0.25) is 6.79 Å². The molecule has 0 aromatic heterocycles. The number of ether oxygens (including phenoxy) is 2. The van der Waals surface area contributed by atoms with Gasteiger partial charge in [-0.2, -0.15) is 0 Å². The minimum atomic E-state index is -0.619. The molecular formula is C21H22FN3O4+2. The van der Waals surface area contributed by atoms with Crippen LogP contribution < -0.4 is 24.2 Å². The molecule has 0 spiro atoms. The lowest BCUT2D eigenvalue weighted by molar-refractivity contribution is -1.02. The van der Waals surface area contributed by atoms with E-state index in [1.54, 1.807) is 0 Å². The molecular weight excluding hydrogens is 377 g/mol. The summed E-state index contributed by atoms with van der Waals surface area (Å²) < 4.78 is 24.2. The number of fused-ring (bicyclic) bond motifs is 2. The van der Waals surface area contributed by atoms with Crippen LogP contribution in [0.2, 0.25) is 0 Å². The largest absolute Gasteiger partial charge is 0.454 e. The van der Waals surface area contributed by atoms with Crippen molar-refractivity contribution >= 4 is 17.4 Å². The van der Waals surface area contributed by atoms with Gasteiger partial charge < -0.3 is 19.3 Å². The SMILES string of the molecule is O=C1C(=O)N(C[NH+]2CC[NH+](Cc3ccc4c(c3)OCO4)CC2)c2ccc(F)cc21. The highest BCUT2D eigenvalue weighted by Crippen LogP contribution is 2.32. The summed E-state index contributed by atoms with van der Waals surface area (Å²) in [6.45, 7) is 5.35. The number of carbonyl (C=O) groups is 2. The van der Waals surface area contributed by atoms with Crippen molar-refractivity contribution in [3.8, 4) is 11.5 Å². The highest BCUT2D eigenvalue weighted by molar-refractivity contribution is 6.52. The summed E-state index contributed by atoms with van der Waals surface area (Å²) >= 11 is 0. The number of carbonyl (C=O) groups excluding carboxylic acids is 2. The smallest absolute Gasteiger partial charge is 0.303 e. The Morgan fingerprint density at radius 2 is 1.69 bits per heavy atom. The van der Waals surface area contributed by atoms with Crippen LogP contribution in [0.5, 0.6) is 11.5 Å².